The Balaban J connectivity index is 1.77. The molecular formula is C19H21BN2O5. The summed E-state index contributed by atoms with van der Waals surface area (Å²) in [4.78, 5) is 4.36. The van der Waals surface area contributed by atoms with Gasteiger partial charge in [-0.3, -0.25) is 0 Å². The third kappa shape index (κ3) is 4.58. The lowest BCUT2D eigenvalue weighted by Gasteiger charge is -2.13. The SMILES string of the molecule is Cc1cc(C#N)c(OCCOC(C)C)nc1Oc1ccc2c(c1)COB2O. The zero-order valence-corrected chi connectivity index (χ0v) is 15.6. The Hall–Kier alpha value is -2.60. The minimum Gasteiger partial charge on any atom is -0.474 e. The molecule has 8 heteroatoms. The van der Waals surface area contributed by atoms with E-state index in [2.05, 4.69) is 11.1 Å². The summed E-state index contributed by atoms with van der Waals surface area (Å²) in [7, 11) is -0.892. The zero-order chi connectivity index (χ0) is 19.4. The van der Waals surface area contributed by atoms with Crippen LogP contribution in [0.15, 0.2) is 24.3 Å². The molecule has 2 aromatic rings. The van der Waals surface area contributed by atoms with Crippen molar-refractivity contribution >= 4 is 12.6 Å². The molecule has 0 saturated carbocycles. The van der Waals surface area contributed by atoms with Crippen LogP contribution in [0.3, 0.4) is 0 Å². The molecule has 1 N–H and O–H groups in total. The number of aromatic nitrogens is 1. The van der Waals surface area contributed by atoms with Gasteiger partial charge in [-0.1, -0.05) is 6.07 Å². The maximum Gasteiger partial charge on any atom is 0.491 e. The van der Waals surface area contributed by atoms with Gasteiger partial charge < -0.3 is 23.9 Å². The standard InChI is InChI=1S/C19H21BN2O5/c1-12(2)24-6-7-25-19-14(10-21)8-13(3)18(22-19)27-16-4-5-17-15(9-16)11-26-20(17)23/h4-5,8-9,12,23H,6-7,11H2,1-3H3. The lowest BCUT2D eigenvalue weighted by atomic mass is 9.80. The molecule has 0 unspecified atom stereocenters. The number of nitrogens with zero attached hydrogens (tertiary/aromatic N) is 2. The Morgan fingerprint density at radius 2 is 2.11 bits per heavy atom. The van der Waals surface area contributed by atoms with E-state index in [0.717, 1.165) is 11.0 Å². The van der Waals surface area contributed by atoms with Gasteiger partial charge in [-0.05, 0) is 50.0 Å². The highest BCUT2D eigenvalue weighted by Gasteiger charge is 2.27. The van der Waals surface area contributed by atoms with Crippen molar-refractivity contribution in [2.45, 2.75) is 33.5 Å². The van der Waals surface area contributed by atoms with Crippen LogP contribution in [0.4, 0.5) is 0 Å². The first-order chi connectivity index (χ1) is 13.0. The first-order valence-electron chi connectivity index (χ1n) is 8.74. The van der Waals surface area contributed by atoms with Crippen molar-refractivity contribution < 1.29 is 23.9 Å². The van der Waals surface area contributed by atoms with Crippen LogP contribution in [0.1, 0.15) is 30.5 Å². The second-order valence-corrected chi connectivity index (χ2v) is 6.47. The van der Waals surface area contributed by atoms with Crippen LogP contribution in [0.5, 0.6) is 17.5 Å². The maximum absolute atomic E-state index is 9.70. The average molecular weight is 368 g/mol. The van der Waals surface area contributed by atoms with E-state index in [0.29, 0.717) is 36.0 Å². The van der Waals surface area contributed by atoms with Crippen LogP contribution >= 0.6 is 0 Å². The number of rotatable bonds is 7. The average Bonchev–Trinajstić information content (AvgIpc) is 3.01. The van der Waals surface area contributed by atoms with E-state index in [1.807, 2.05) is 26.8 Å². The number of fused-ring (bicyclic) bond motifs is 1. The van der Waals surface area contributed by atoms with Crippen molar-refractivity contribution in [1.82, 2.24) is 4.98 Å². The fourth-order valence-corrected chi connectivity index (χ4v) is 2.68. The molecule has 7 nitrogen and oxygen atoms in total. The summed E-state index contributed by atoms with van der Waals surface area (Å²) in [6.45, 7) is 6.72. The number of aryl methyl sites for hydroxylation is 1. The fraction of sp³-hybridized carbons (Fsp3) is 0.368. The molecule has 0 bridgehead atoms. The van der Waals surface area contributed by atoms with E-state index in [-0.39, 0.29) is 18.6 Å². The Morgan fingerprint density at radius 3 is 2.85 bits per heavy atom. The van der Waals surface area contributed by atoms with Crippen LogP contribution in [0.25, 0.3) is 0 Å². The van der Waals surface area contributed by atoms with Crippen molar-refractivity contribution in [3.8, 4) is 23.6 Å². The lowest BCUT2D eigenvalue weighted by molar-refractivity contribution is 0.0540. The van der Waals surface area contributed by atoms with Crippen molar-refractivity contribution in [1.29, 1.82) is 5.26 Å². The number of nitriles is 1. The van der Waals surface area contributed by atoms with Gasteiger partial charge in [-0.15, -0.1) is 0 Å². The topological polar surface area (TPSA) is 93.8 Å². The highest BCUT2D eigenvalue weighted by atomic mass is 16.5. The van der Waals surface area contributed by atoms with Crippen molar-refractivity contribution in [2.24, 2.45) is 0 Å². The summed E-state index contributed by atoms with van der Waals surface area (Å²) < 4.78 is 22.1. The molecule has 0 atom stereocenters. The van der Waals surface area contributed by atoms with Gasteiger partial charge in [0.25, 0.3) is 0 Å². The summed E-state index contributed by atoms with van der Waals surface area (Å²) in [5.74, 6) is 1.14. The summed E-state index contributed by atoms with van der Waals surface area (Å²) >= 11 is 0. The molecule has 1 aromatic carbocycles. The fourth-order valence-electron chi connectivity index (χ4n) is 2.68. The molecule has 0 radical (unpaired) electrons. The first-order valence-corrected chi connectivity index (χ1v) is 8.74. The Bertz CT molecular complexity index is 866. The smallest absolute Gasteiger partial charge is 0.474 e. The molecule has 0 saturated heterocycles. The highest BCUT2D eigenvalue weighted by Crippen LogP contribution is 2.29. The molecular weight excluding hydrogens is 347 g/mol. The van der Waals surface area contributed by atoms with E-state index >= 15 is 0 Å². The summed E-state index contributed by atoms with van der Waals surface area (Å²) in [5, 5.41) is 19.0. The van der Waals surface area contributed by atoms with E-state index in [1.165, 1.54) is 0 Å². The van der Waals surface area contributed by atoms with E-state index < -0.39 is 7.12 Å². The van der Waals surface area contributed by atoms with Gasteiger partial charge in [0.2, 0.25) is 11.8 Å². The normalized spacial score (nSPS) is 12.8. The summed E-state index contributed by atoms with van der Waals surface area (Å²) in [6, 6.07) is 9.09. The third-order valence-corrected chi connectivity index (χ3v) is 4.02. The summed E-state index contributed by atoms with van der Waals surface area (Å²) in [5.41, 5.74) is 2.67. The minimum absolute atomic E-state index is 0.108. The highest BCUT2D eigenvalue weighted by molar-refractivity contribution is 6.61. The Kier molecular flexibility index (Phi) is 5.96. The monoisotopic (exact) mass is 368 g/mol. The van der Waals surface area contributed by atoms with Crippen molar-refractivity contribution in [3.05, 3.63) is 41.0 Å². The molecule has 1 aromatic heterocycles. The van der Waals surface area contributed by atoms with E-state index in [1.54, 1.807) is 18.2 Å². The van der Waals surface area contributed by atoms with Crippen LogP contribution in [-0.2, 0) is 16.0 Å². The maximum atomic E-state index is 9.70. The first kappa shape index (κ1) is 19.2. The van der Waals surface area contributed by atoms with Crippen molar-refractivity contribution in [3.63, 3.8) is 0 Å². The van der Waals surface area contributed by atoms with Gasteiger partial charge in [0.05, 0.1) is 19.3 Å². The van der Waals surface area contributed by atoms with E-state index in [4.69, 9.17) is 18.9 Å². The van der Waals surface area contributed by atoms with Crippen molar-refractivity contribution in [2.75, 3.05) is 13.2 Å². The zero-order valence-electron chi connectivity index (χ0n) is 15.6. The number of hydrogen-bond acceptors (Lipinski definition) is 7. The second kappa shape index (κ2) is 8.40. The predicted octanol–water partition coefficient (Wildman–Crippen LogP) is 2.08. The molecule has 0 spiro atoms. The summed E-state index contributed by atoms with van der Waals surface area (Å²) in [6.07, 6.45) is 0.108. The molecule has 27 heavy (non-hydrogen) atoms. The quantitative estimate of drug-likeness (QED) is 0.591. The van der Waals surface area contributed by atoms with Gasteiger partial charge in [0.1, 0.15) is 24.0 Å². The molecule has 140 valence electrons. The number of pyridine rings is 1. The minimum atomic E-state index is -0.892. The number of hydrogen-bond donors (Lipinski definition) is 1. The Labute approximate surface area is 158 Å². The molecule has 0 aliphatic carbocycles. The number of benzene rings is 1. The van der Waals surface area contributed by atoms with Gasteiger partial charge in [-0.2, -0.15) is 10.2 Å². The van der Waals surface area contributed by atoms with E-state index in [9.17, 15) is 10.3 Å². The lowest BCUT2D eigenvalue weighted by Crippen LogP contribution is -2.27. The van der Waals surface area contributed by atoms with Gasteiger partial charge >= 0.3 is 7.12 Å². The molecule has 3 rings (SSSR count). The van der Waals surface area contributed by atoms with Gasteiger partial charge in [0.15, 0.2) is 0 Å². The molecule has 1 aliphatic rings. The van der Waals surface area contributed by atoms with Gasteiger partial charge in [0, 0.05) is 5.56 Å². The van der Waals surface area contributed by atoms with Crippen LogP contribution in [0, 0.1) is 18.3 Å². The Morgan fingerprint density at radius 1 is 1.30 bits per heavy atom. The van der Waals surface area contributed by atoms with Crippen LogP contribution in [0.2, 0.25) is 0 Å². The molecule has 1 aliphatic heterocycles. The van der Waals surface area contributed by atoms with Crippen LogP contribution < -0.4 is 14.9 Å². The molecule has 0 amide bonds. The predicted molar refractivity (Wildman–Crippen MR) is 99.2 cm³/mol. The molecule has 2 heterocycles. The second-order valence-electron chi connectivity index (χ2n) is 6.47. The third-order valence-electron chi connectivity index (χ3n) is 4.02. The molecule has 0 fully saturated rings. The number of ether oxygens (including phenoxy) is 3. The largest absolute Gasteiger partial charge is 0.491 e. The van der Waals surface area contributed by atoms with Gasteiger partial charge in [-0.25, -0.2) is 0 Å². The van der Waals surface area contributed by atoms with Crippen LogP contribution in [-0.4, -0.2) is 36.4 Å².